The number of carbonyl (C=O) groups excluding carboxylic acids is 2. The van der Waals surface area contributed by atoms with Gasteiger partial charge < -0.3 is 10.2 Å². The van der Waals surface area contributed by atoms with Crippen molar-refractivity contribution in [3.8, 4) is 0 Å². The number of carbonyl (C=O) groups is 2. The molecule has 0 aliphatic heterocycles. The van der Waals surface area contributed by atoms with Gasteiger partial charge in [0, 0.05) is 19.5 Å². The van der Waals surface area contributed by atoms with Crippen molar-refractivity contribution < 1.29 is 9.59 Å². The molecule has 2 rings (SSSR count). The normalized spacial score (nSPS) is 12.5. The maximum atomic E-state index is 13.2. The highest BCUT2D eigenvalue weighted by Crippen LogP contribution is 2.22. The second-order valence-corrected chi connectivity index (χ2v) is 9.77. The van der Waals surface area contributed by atoms with Crippen molar-refractivity contribution in [3.63, 3.8) is 0 Å². The van der Waals surface area contributed by atoms with Gasteiger partial charge in [0.05, 0.1) is 0 Å². The van der Waals surface area contributed by atoms with Crippen molar-refractivity contribution in [3.05, 3.63) is 71.3 Å². The minimum atomic E-state index is -0.519. The molecule has 0 aromatic heterocycles. The zero-order chi connectivity index (χ0) is 23.0. The molecule has 1 unspecified atom stereocenters. The van der Waals surface area contributed by atoms with Gasteiger partial charge in [-0.25, -0.2) is 0 Å². The van der Waals surface area contributed by atoms with Gasteiger partial charge in [0.25, 0.3) is 0 Å². The molecule has 2 amide bonds. The van der Waals surface area contributed by atoms with E-state index in [9.17, 15) is 9.59 Å². The zero-order valence-corrected chi connectivity index (χ0v) is 19.9. The standard InChI is InChI=1S/C27H38N2O2/c1-20(2)18-28-26(31)21(3)29(19-23-10-8-7-9-11-23)25(30)17-14-22-12-15-24(16-13-22)27(4,5)6/h7-13,15-16,20-21H,14,17-19H2,1-6H3,(H,28,31). The van der Waals surface area contributed by atoms with Crippen molar-refractivity contribution in [2.24, 2.45) is 5.92 Å². The molecular formula is C27H38N2O2. The molecule has 0 fully saturated rings. The molecule has 1 N–H and O–H groups in total. The van der Waals surface area contributed by atoms with E-state index >= 15 is 0 Å². The lowest BCUT2D eigenvalue weighted by Gasteiger charge is -2.29. The number of hydrogen-bond acceptors (Lipinski definition) is 2. The van der Waals surface area contributed by atoms with Gasteiger partial charge in [-0.1, -0.05) is 89.2 Å². The summed E-state index contributed by atoms with van der Waals surface area (Å²) in [6.45, 7) is 13.5. The summed E-state index contributed by atoms with van der Waals surface area (Å²) in [7, 11) is 0. The summed E-state index contributed by atoms with van der Waals surface area (Å²) >= 11 is 0. The molecular weight excluding hydrogens is 384 g/mol. The predicted octanol–water partition coefficient (Wildman–Crippen LogP) is 5.11. The summed E-state index contributed by atoms with van der Waals surface area (Å²) in [6.07, 6.45) is 1.04. The van der Waals surface area contributed by atoms with Crippen LogP contribution in [0.25, 0.3) is 0 Å². The van der Waals surface area contributed by atoms with Crippen molar-refractivity contribution in [2.75, 3.05) is 6.54 Å². The SMILES string of the molecule is CC(C)CNC(=O)C(C)N(Cc1ccccc1)C(=O)CCc1ccc(C(C)(C)C)cc1. The minimum Gasteiger partial charge on any atom is -0.354 e. The highest BCUT2D eigenvalue weighted by molar-refractivity contribution is 5.87. The number of hydrogen-bond donors (Lipinski definition) is 1. The quantitative estimate of drug-likeness (QED) is 0.611. The number of benzene rings is 2. The molecule has 4 heteroatoms. The topological polar surface area (TPSA) is 49.4 Å². The third kappa shape index (κ3) is 7.86. The summed E-state index contributed by atoms with van der Waals surface area (Å²) < 4.78 is 0. The van der Waals surface area contributed by atoms with Crippen LogP contribution in [0.2, 0.25) is 0 Å². The average Bonchev–Trinajstić information content (AvgIpc) is 2.74. The molecule has 0 spiro atoms. The Morgan fingerprint density at radius 1 is 0.903 bits per heavy atom. The zero-order valence-electron chi connectivity index (χ0n) is 19.9. The third-order valence-corrected chi connectivity index (χ3v) is 5.50. The molecule has 0 heterocycles. The van der Waals surface area contributed by atoms with E-state index < -0.39 is 6.04 Å². The average molecular weight is 423 g/mol. The van der Waals surface area contributed by atoms with Crippen LogP contribution in [0, 0.1) is 5.92 Å². The first kappa shape index (κ1) is 24.6. The molecule has 0 aliphatic carbocycles. The minimum absolute atomic E-state index is 0.00375. The monoisotopic (exact) mass is 422 g/mol. The molecule has 4 nitrogen and oxygen atoms in total. The summed E-state index contributed by atoms with van der Waals surface area (Å²) in [5.41, 5.74) is 3.55. The lowest BCUT2D eigenvalue weighted by molar-refractivity contribution is -0.140. The predicted molar refractivity (Wildman–Crippen MR) is 128 cm³/mol. The summed E-state index contributed by atoms with van der Waals surface area (Å²) in [5, 5.41) is 2.96. The van der Waals surface area contributed by atoms with Crippen LogP contribution >= 0.6 is 0 Å². The highest BCUT2D eigenvalue weighted by Gasteiger charge is 2.26. The Kier molecular flexibility index (Phi) is 8.85. The molecule has 31 heavy (non-hydrogen) atoms. The fraction of sp³-hybridized carbons (Fsp3) is 0.481. The van der Waals surface area contributed by atoms with Gasteiger partial charge in [0.15, 0.2) is 0 Å². The third-order valence-electron chi connectivity index (χ3n) is 5.50. The maximum absolute atomic E-state index is 13.2. The Bertz CT molecular complexity index is 836. The van der Waals surface area contributed by atoms with E-state index in [1.807, 2.05) is 37.3 Å². The molecule has 168 valence electrons. The van der Waals surface area contributed by atoms with Crippen LogP contribution in [0.1, 0.15) is 64.7 Å². The second-order valence-electron chi connectivity index (χ2n) is 9.77. The van der Waals surface area contributed by atoms with E-state index in [-0.39, 0.29) is 17.2 Å². The first-order valence-electron chi connectivity index (χ1n) is 11.3. The van der Waals surface area contributed by atoms with Gasteiger partial charge in [-0.2, -0.15) is 0 Å². The Hall–Kier alpha value is -2.62. The van der Waals surface area contributed by atoms with E-state index in [2.05, 4.69) is 64.2 Å². The number of nitrogens with one attached hydrogen (secondary N) is 1. The van der Waals surface area contributed by atoms with Crippen LogP contribution in [-0.2, 0) is 28.0 Å². The Morgan fingerprint density at radius 3 is 2.06 bits per heavy atom. The van der Waals surface area contributed by atoms with Gasteiger partial charge in [-0.05, 0) is 41.4 Å². The van der Waals surface area contributed by atoms with Crippen molar-refractivity contribution >= 4 is 11.8 Å². The van der Waals surface area contributed by atoms with Crippen LogP contribution in [0.5, 0.6) is 0 Å². The van der Waals surface area contributed by atoms with Crippen molar-refractivity contribution in [1.82, 2.24) is 10.2 Å². The van der Waals surface area contributed by atoms with Crippen LogP contribution < -0.4 is 5.32 Å². The van der Waals surface area contributed by atoms with Crippen LogP contribution in [0.4, 0.5) is 0 Å². The number of rotatable bonds is 9. The Morgan fingerprint density at radius 2 is 1.52 bits per heavy atom. The Balaban J connectivity index is 2.09. The van der Waals surface area contributed by atoms with E-state index in [4.69, 9.17) is 0 Å². The molecule has 0 bridgehead atoms. The van der Waals surface area contributed by atoms with Gasteiger partial charge >= 0.3 is 0 Å². The number of nitrogens with zero attached hydrogens (tertiary/aromatic N) is 1. The van der Waals surface area contributed by atoms with Crippen LogP contribution in [-0.4, -0.2) is 29.3 Å². The molecule has 0 saturated heterocycles. The first-order chi connectivity index (χ1) is 14.6. The van der Waals surface area contributed by atoms with Crippen LogP contribution in [0.15, 0.2) is 54.6 Å². The second kappa shape index (κ2) is 11.1. The smallest absolute Gasteiger partial charge is 0.242 e. The molecule has 1 atom stereocenters. The fourth-order valence-electron chi connectivity index (χ4n) is 3.38. The molecule has 2 aromatic rings. The van der Waals surface area contributed by atoms with Gasteiger partial charge in [-0.15, -0.1) is 0 Å². The van der Waals surface area contributed by atoms with E-state index in [0.717, 1.165) is 11.1 Å². The summed E-state index contributed by atoms with van der Waals surface area (Å²) in [6, 6.07) is 17.8. The van der Waals surface area contributed by atoms with Gasteiger partial charge in [0.2, 0.25) is 11.8 Å². The first-order valence-corrected chi connectivity index (χ1v) is 11.3. The maximum Gasteiger partial charge on any atom is 0.242 e. The van der Waals surface area contributed by atoms with Crippen molar-refractivity contribution in [2.45, 2.75) is 72.4 Å². The fourth-order valence-corrected chi connectivity index (χ4v) is 3.38. The molecule has 0 saturated carbocycles. The Labute approximate surface area is 188 Å². The lowest BCUT2D eigenvalue weighted by Crippen LogP contribution is -2.48. The summed E-state index contributed by atoms with van der Waals surface area (Å²) in [4.78, 5) is 27.6. The summed E-state index contributed by atoms with van der Waals surface area (Å²) in [5.74, 6) is 0.258. The van der Waals surface area contributed by atoms with Crippen molar-refractivity contribution in [1.29, 1.82) is 0 Å². The van der Waals surface area contributed by atoms with E-state index in [0.29, 0.717) is 31.8 Å². The highest BCUT2D eigenvalue weighted by atomic mass is 16.2. The van der Waals surface area contributed by atoms with Gasteiger partial charge in [-0.3, -0.25) is 9.59 Å². The number of amides is 2. The molecule has 2 aromatic carbocycles. The molecule has 0 radical (unpaired) electrons. The lowest BCUT2D eigenvalue weighted by atomic mass is 9.86. The molecule has 0 aliphatic rings. The van der Waals surface area contributed by atoms with E-state index in [1.54, 1.807) is 4.90 Å². The number of aryl methyl sites for hydroxylation is 1. The largest absolute Gasteiger partial charge is 0.354 e. The van der Waals surface area contributed by atoms with E-state index in [1.165, 1.54) is 5.56 Å². The van der Waals surface area contributed by atoms with Gasteiger partial charge in [0.1, 0.15) is 6.04 Å². The van der Waals surface area contributed by atoms with Crippen LogP contribution in [0.3, 0.4) is 0 Å².